The number of likely N-dealkylation sites (tertiary alicyclic amines) is 1. The molecule has 3 fully saturated rings. The van der Waals surface area contributed by atoms with Gasteiger partial charge in [0.25, 0.3) is 0 Å². The summed E-state index contributed by atoms with van der Waals surface area (Å²) in [5.41, 5.74) is -0.158. The van der Waals surface area contributed by atoms with Crippen LogP contribution in [0.4, 0.5) is 4.79 Å². The van der Waals surface area contributed by atoms with E-state index in [4.69, 9.17) is 23.7 Å². The summed E-state index contributed by atoms with van der Waals surface area (Å²) in [5, 5.41) is 3.11. The van der Waals surface area contributed by atoms with Crippen molar-refractivity contribution in [1.29, 1.82) is 0 Å². The Labute approximate surface area is 243 Å². The van der Waals surface area contributed by atoms with Crippen LogP contribution in [0.2, 0.25) is 0 Å². The third-order valence-corrected chi connectivity index (χ3v) is 8.03. The van der Waals surface area contributed by atoms with Gasteiger partial charge in [0, 0.05) is 6.54 Å². The SMILES string of the molecule is CCOC(=O)CC(C)Oc1ccccc1C1CCC(OC[C@@H]2N(C(=O)OC(C)(C)C)CC[C@@]23COCC(=O)N3)CC1. The molecule has 1 aromatic rings. The van der Waals surface area contributed by atoms with Crippen LogP contribution in [0.3, 0.4) is 0 Å². The van der Waals surface area contributed by atoms with Crippen LogP contribution >= 0.6 is 0 Å². The number of carbonyl (C=O) groups excluding carboxylic acids is 3. The molecule has 10 nitrogen and oxygen atoms in total. The Balaban J connectivity index is 1.36. The fraction of sp³-hybridized carbons (Fsp3) is 0.710. The molecule has 1 aliphatic carbocycles. The highest BCUT2D eigenvalue weighted by molar-refractivity contribution is 5.79. The average Bonchev–Trinajstić information content (AvgIpc) is 3.24. The molecule has 10 heteroatoms. The fourth-order valence-corrected chi connectivity index (χ4v) is 6.13. The number of rotatable bonds is 9. The third-order valence-electron chi connectivity index (χ3n) is 8.03. The lowest BCUT2D eigenvalue weighted by atomic mass is 9.82. The van der Waals surface area contributed by atoms with E-state index in [0.717, 1.165) is 37.0 Å². The van der Waals surface area contributed by atoms with E-state index in [9.17, 15) is 14.4 Å². The number of ether oxygens (including phenoxy) is 5. The predicted molar refractivity (Wildman–Crippen MR) is 152 cm³/mol. The highest BCUT2D eigenvalue weighted by Crippen LogP contribution is 2.39. The summed E-state index contributed by atoms with van der Waals surface area (Å²) in [5.74, 6) is 0.694. The predicted octanol–water partition coefficient (Wildman–Crippen LogP) is 4.34. The zero-order chi connectivity index (χ0) is 29.6. The Kier molecular flexibility index (Phi) is 10.2. The van der Waals surface area contributed by atoms with Crippen molar-refractivity contribution < 1.29 is 38.1 Å². The summed E-state index contributed by atoms with van der Waals surface area (Å²) in [4.78, 5) is 38.9. The molecule has 1 N–H and O–H groups in total. The highest BCUT2D eigenvalue weighted by atomic mass is 16.6. The standard InChI is InChI=1S/C31H46N2O8/c1-6-38-28(35)17-21(2)40-25-10-8-7-9-24(25)22-11-13-23(14-12-22)39-18-26-31(20-37-19-27(34)32-31)15-16-33(26)29(36)41-30(3,4)5/h7-10,21-23,26H,6,11-20H2,1-5H3,(H,32,34)/t21?,22?,23?,26-,31+/m0/s1. The molecule has 2 heterocycles. The Morgan fingerprint density at radius 1 is 1.17 bits per heavy atom. The molecule has 3 atom stereocenters. The van der Waals surface area contributed by atoms with Gasteiger partial charge in [0.05, 0.1) is 43.9 Å². The van der Waals surface area contributed by atoms with Crippen LogP contribution in [-0.4, -0.2) is 85.2 Å². The number of hydrogen-bond donors (Lipinski definition) is 1. The number of carbonyl (C=O) groups is 3. The number of para-hydroxylation sites is 1. The van der Waals surface area contributed by atoms with Gasteiger partial charge < -0.3 is 33.9 Å². The van der Waals surface area contributed by atoms with E-state index < -0.39 is 17.2 Å². The van der Waals surface area contributed by atoms with Gasteiger partial charge in [-0.05, 0) is 84.3 Å². The molecule has 2 saturated heterocycles. The maximum absolute atomic E-state index is 13.1. The summed E-state index contributed by atoms with van der Waals surface area (Å²) in [6.07, 6.45) is 3.75. The van der Waals surface area contributed by atoms with Crippen molar-refractivity contribution in [2.24, 2.45) is 0 Å². The first-order valence-electron chi connectivity index (χ1n) is 14.9. The fourth-order valence-electron chi connectivity index (χ4n) is 6.13. The van der Waals surface area contributed by atoms with E-state index in [2.05, 4.69) is 11.4 Å². The molecule has 0 radical (unpaired) electrons. The van der Waals surface area contributed by atoms with Crippen LogP contribution < -0.4 is 10.1 Å². The van der Waals surface area contributed by atoms with E-state index in [1.54, 1.807) is 11.8 Å². The van der Waals surface area contributed by atoms with E-state index in [1.807, 2.05) is 45.9 Å². The Bertz CT molecular complexity index is 1060. The van der Waals surface area contributed by atoms with Gasteiger partial charge in [-0.15, -0.1) is 0 Å². The lowest BCUT2D eigenvalue weighted by Crippen LogP contribution is -2.65. The molecule has 1 saturated carbocycles. The zero-order valence-electron chi connectivity index (χ0n) is 25.1. The largest absolute Gasteiger partial charge is 0.490 e. The van der Waals surface area contributed by atoms with Gasteiger partial charge in [0.15, 0.2) is 0 Å². The van der Waals surface area contributed by atoms with Gasteiger partial charge in [-0.25, -0.2) is 4.79 Å². The minimum atomic E-state index is -0.681. The number of morpholine rings is 1. The summed E-state index contributed by atoms with van der Waals surface area (Å²) in [6, 6.07) is 7.66. The topological polar surface area (TPSA) is 113 Å². The van der Waals surface area contributed by atoms with Crippen LogP contribution in [0.15, 0.2) is 24.3 Å². The number of nitrogens with one attached hydrogen (secondary N) is 1. The van der Waals surface area contributed by atoms with Crippen molar-refractivity contribution in [3.63, 3.8) is 0 Å². The molecule has 41 heavy (non-hydrogen) atoms. The smallest absolute Gasteiger partial charge is 0.410 e. The lowest BCUT2D eigenvalue weighted by molar-refractivity contribution is -0.144. The first-order valence-corrected chi connectivity index (χ1v) is 14.9. The molecule has 1 unspecified atom stereocenters. The third kappa shape index (κ3) is 8.13. The number of esters is 1. The Morgan fingerprint density at radius 2 is 1.90 bits per heavy atom. The average molecular weight is 575 g/mol. The van der Waals surface area contributed by atoms with Gasteiger partial charge in [0.1, 0.15) is 24.1 Å². The van der Waals surface area contributed by atoms with Crippen molar-refractivity contribution in [1.82, 2.24) is 10.2 Å². The quantitative estimate of drug-likeness (QED) is 0.434. The summed E-state index contributed by atoms with van der Waals surface area (Å²) in [6.45, 7) is 10.7. The lowest BCUT2D eigenvalue weighted by Gasteiger charge is -2.41. The van der Waals surface area contributed by atoms with Gasteiger partial charge in [0.2, 0.25) is 5.91 Å². The van der Waals surface area contributed by atoms with E-state index in [0.29, 0.717) is 38.7 Å². The normalized spacial score (nSPS) is 27.3. The molecular formula is C31H46N2O8. The second-order valence-corrected chi connectivity index (χ2v) is 12.4. The molecule has 1 aromatic carbocycles. The summed E-state index contributed by atoms with van der Waals surface area (Å²) < 4.78 is 29.0. The summed E-state index contributed by atoms with van der Waals surface area (Å²) >= 11 is 0. The van der Waals surface area contributed by atoms with Crippen molar-refractivity contribution >= 4 is 18.0 Å². The first kappa shape index (κ1) is 31.1. The molecule has 0 bridgehead atoms. The van der Waals surface area contributed by atoms with Crippen LogP contribution in [0.5, 0.6) is 5.75 Å². The van der Waals surface area contributed by atoms with Crippen LogP contribution in [0, 0.1) is 0 Å². The second-order valence-electron chi connectivity index (χ2n) is 12.4. The minimum Gasteiger partial charge on any atom is -0.490 e. The maximum atomic E-state index is 13.1. The van der Waals surface area contributed by atoms with Crippen LogP contribution in [0.1, 0.15) is 84.6 Å². The number of nitrogens with zero attached hydrogens (tertiary/aromatic N) is 1. The first-order chi connectivity index (χ1) is 19.5. The van der Waals surface area contributed by atoms with Gasteiger partial charge in [-0.3, -0.25) is 9.59 Å². The molecule has 2 aliphatic heterocycles. The van der Waals surface area contributed by atoms with Gasteiger partial charge in [-0.2, -0.15) is 0 Å². The zero-order valence-corrected chi connectivity index (χ0v) is 25.1. The molecule has 1 spiro atoms. The van der Waals surface area contributed by atoms with Crippen molar-refractivity contribution in [2.45, 2.75) is 108 Å². The molecule has 2 amide bonds. The Hall–Kier alpha value is -2.85. The van der Waals surface area contributed by atoms with Crippen molar-refractivity contribution in [3.05, 3.63) is 29.8 Å². The number of hydrogen-bond acceptors (Lipinski definition) is 8. The van der Waals surface area contributed by atoms with Crippen molar-refractivity contribution in [2.75, 3.05) is 33.0 Å². The summed E-state index contributed by atoms with van der Waals surface area (Å²) in [7, 11) is 0. The molecule has 228 valence electrons. The van der Waals surface area contributed by atoms with Crippen LogP contribution in [-0.2, 0) is 28.5 Å². The van der Waals surface area contributed by atoms with E-state index in [1.165, 1.54) is 0 Å². The van der Waals surface area contributed by atoms with Crippen molar-refractivity contribution in [3.8, 4) is 5.75 Å². The van der Waals surface area contributed by atoms with Crippen LogP contribution in [0.25, 0.3) is 0 Å². The van der Waals surface area contributed by atoms with Gasteiger partial charge >= 0.3 is 12.1 Å². The van der Waals surface area contributed by atoms with E-state index in [-0.39, 0.29) is 43.2 Å². The number of amides is 2. The monoisotopic (exact) mass is 574 g/mol. The maximum Gasteiger partial charge on any atom is 0.410 e. The minimum absolute atomic E-state index is 0.0264. The Morgan fingerprint density at radius 3 is 2.59 bits per heavy atom. The second kappa shape index (κ2) is 13.4. The molecular weight excluding hydrogens is 528 g/mol. The molecule has 3 aliphatic rings. The van der Waals surface area contributed by atoms with Gasteiger partial charge in [-0.1, -0.05) is 18.2 Å². The molecule has 0 aromatic heterocycles. The number of benzene rings is 1. The highest BCUT2D eigenvalue weighted by Gasteiger charge is 2.53. The van der Waals surface area contributed by atoms with E-state index >= 15 is 0 Å². The molecule has 4 rings (SSSR count).